The van der Waals surface area contributed by atoms with Crippen molar-refractivity contribution >= 4 is 32.8 Å². The number of aromatic amines is 1. The molecule has 132 valence electrons. The summed E-state index contributed by atoms with van der Waals surface area (Å²) in [6.45, 7) is 3.67. The number of hydrogen-bond acceptors (Lipinski definition) is 5. The summed E-state index contributed by atoms with van der Waals surface area (Å²) in [4.78, 5) is 15.6. The number of carbonyl (C=O) groups excluding carboxylic acids is 1. The summed E-state index contributed by atoms with van der Waals surface area (Å²) in [5.41, 5.74) is 2.09. The first kappa shape index (κ1) is 15.8. The van der Waals surface area contributed by atoms with Gasteiger partial charge in [0.1, 0.15) is 6.10 Å². The highest BCUT2D eigenvalue weighted by Gasteiger charge is 2.60. The molecule has 0 spiro atoms. The molecule has 0 bridgehead atoms. The Morgan fingerprint density at radius 3 is 2.88 bits per heavy atom. The molecule has 0 saturated carbocycles. The van der Waals surface area contributed by atoms with Crippen LogP contribution in [-0.4, -0.2) is 41.3 Å². The molecule has 3 fully saturated rings. The van der Waals surface area contributed by atoms with Gasteiger partial charge in [0, 0.05) is 27.5 Å². The topological polar surface area (TPSA) is 69.8 Å². The van der Waals surface area contributed by atoms with Gasteiger partial charge in [-0.2, -0.15) is 0 Å². The molecule has 6 nitrogen and oxygen atoms in total. The molecule has 3 saturated heterocycles. The summed E-state index contributed by atoms with van der Waals surface area (Å²) in [5.74, 6) is -1.06. The van der Waals surface area contributed by atoms with Crippen LogP contribution in [0.4, 0.5) is 0 Å². The Morgan fingerprint density at radius 1 is 1.20 bits per heavy atom. The van der Waals surface area contributed by atoms with E-state index < -0.39 is 18.2 Å². The lowest BCUT2D eigenvalue weighted by molar-refractivity contribution is -0.227. The molecule has 25 heavy (non-hydrogen) atoms. The normalized spacial score (nSPS) is 36.3. The Morgan fingerprint density at radius 2 is 2.04 bits per heavy atom. The average Bonchev–Trinajstić information content (AvgIpc) is 3.17. The largest absolute Gasteiger partial charge is 0.457 e. The Kier molecular flexibility index (Phi) is 3.35. The van der Waals surface area contributed by atoms with Gasteiger partial charge in [-0.05, 0) is 37.6 Å². The molecule has 4 heterocycles. The quantitative estimate of drug-likeness (QED) is 0.734. The van der Waals surface area contributed by atoms with Crippen molar-refractivity contribution in [1.82, 2.24) is 4.98 Å². The van der Waals surface area contributed by atoms with Gasteiger partial charge >= 0.3 is 5.97 Å². The zero-order valence-corrected chi connectivity index (χ0v) is 15.4. The van der Waals surface area contributed by atoms with Crippen LogP contribution in [0.2, 0.25) is 0 Å². The van der Waals surface area contributed by atoms with E-state index in [4.69, 9.17) is 18.9 Å². The zero-order valence-electron chi connectivity index (χ0n) is 13.8. The third kappa shape index (κ3) is 2.44. The zero-order chi connectivity index (χ0) is 17.3. The second-order valence-corrected chi connectivity index (χ2v) is 8.18. The molecule has 3 aliphatic heterocycles. The number of rotatable bonds is 1. The summed E-state index contributed by atoms with van der Waals surface area (Å²) in [7, 11) is 0. The maximum atomic E-state index is 12.3. The van der Waals surface area contributed by atoms with Crippen LogP contribution in [0.15, 0.2) is 28.9 Å². The molecule has 5 rings (SSSR count). The van der Waals surface area contributed by atoms with E-state index in [0.717, 1.165) is 20.9 Å². The number of hydrogen-bond donors (Lipinski definition) is 1. The maximum absolute atomic E-state index is 12.3. The fourth-order valence-corrected chi connectivity index (χ4v) is 4.53. The molecule has 5 atom stereocenters. The van der Waals surface area contributed by atoms with E-state index in [0.29, 0.717) is 0 Å². The number of ether oxygens (including phenoxy) is 4. The van der Waals surface area contributed by atoms with E-state index >= 15 is 0 Å². The molecule has 0 aliphatic carbocycles. The van der Waals surface area contributed by atoms with Crippen LogP contribution < -0.4 is 0 Å². The van der Waals surface area contributed by atoms with Crippen LogP contribution in [0.5, 0.6) is 0 Å². The Hall–Kier alpha value is -1.41. The highest BCUT2D eigenvalue weighted by atomic mass is 79.9. The van der Waals surface area contributed by atoms with Crippen LogP contribution in [-0.2, 0) is 23.7 Å². The summed E-state index contributed by atoms with van der Waals surface area (Å²) in [6, 6.07) is 6.06. The molecule has 1 aromatic carbocycles. The Labute approximate surface area is 152 Å². The summed E-state index contributed by atoms with van der Waals surface area (Å²) in [5, 5.41) is 1.08. The van der Waals surface area contributed by atoms with Crippen molar-refractivity contribution in [2.24, 2.45) is 0 Å². The van der Waals surface area contributed by atoms with E-state index in [9.17, 15) is 4.79 Å². The molecular weight excluding hydrogens is 390 g/mol. The number of fused-ring (bicyclic) bond motifs is 4. The fraction of sp³-hybridized carbons (Fsp3) is 0.500. The first-order chi connectivity index (χ1) is 11.9. The summed E-state index contributed by atoms with van der Waals surface area (Å²) in [6.07, 6.45) is 0.625. The van der Waals surface area contributed by atoms with Gasteiger partial charge in [-0.1, -0.05) is 15.9 Å². The Balaban J connectivity index is 1.54. The number of aromatic nitrogens is 1. The van der Waals surface area contributed by atoms with Crippen LogP contribution in [0.3, 0.4) is 0 Å². The van der Waals surface area contributed by atoms with Crippen LogP contribution in [0.25, 0.3) is 10.9 Å². The van der Waals surface area contributed by atoms with Gasteiger partial charge in [-0.25, -0.2) is 0 Å². The minimum absolute atomic E-state index is 0.102. The maximum Gasteiger partial charge on any atom is 0.306 e. The first-order valence-corrected chi connectivity index (χ1v) is 9.18. The van der Waals surface area contributed by atoms with E-state index in [1.54, 1.807) is 0 Å². The molecule has 7 heteroatoms. The second-order valence-electron chi connectivity index (χ2n) is 7.27. The lowest BCUT2D eigenvalue weighted by atomic mass is 9.85. The first-order valence-electron chi connectivity index (χ1n) is 8.38. The SMILES string of the molecule is CC1(C)O[C@H]2O[C@H]3[C@H](OC(=O)C[C@@H]3c3c[nH]c4ccc(Br)cc34)[C@H]2O1. The average molecular weight is 408 g/mol. The third-order valence-electron chi connectivity index (χ3n) is 5.15. The van der Waals surface area contributed by atoms with Crippen molar-refractivity contribution in [3.8, 4) is 0 Å². The van der Waals surface area contributed by atoms with Crippen molar-refractivity contribution in [3.63, 3.8) is 0 Å². The van der Waals surface area contributed by atoms with Crippen molar-refractivity contribution in [3.05, 3.63) is 34.4 Å². The van der Waals surface area contributed by atoms with Crippen LogP contribution in [0, 0.1) is 0 Å². The molecule has 0 unspecified atom stereocenters. The van der Waals surface area contributed by atoms with Gasteiger partial charge in [0.05, 0.1) is 6.42 Å². The molecule has 1 N–H and O–H groups in total. The lowest BCUT2D eigenvalue weighted by Crippen LogP contribution is -2.45. The van der Waals surface area contributed by atoms with E-state index in [2.05, 4.69) is 27.0 Å². The van der Waals surface area contributed by atoms with Crippen molar-refractivity contribution in [2.75, 3.05) is 0 Å². The third-order valence-corrected chi connectivity index (χ3v) is 5.65. The molecular formula is C18H18BrNO5. The van der Waals surface area contributed by atoms with Crippen molar-refractivity contribution in [2.45, 2.75) is 56.6 Å². The number of benzene rings is 1. The Bertz CT molecular complexity index is 862. The smallest absolute Gasteiger partial charge is 0.306 e. The van der Waals surface area contributed by atoms with E-state index in [-0.39, 0.29) is 30.5 Å². The van der Waals surface area contributed by atoms with Gasteiger partial charge in [-0.3, -0.25) is 4.79 Å². The van der Waals surface area contributed by atoms with Crippen LogP contribution >= 0.6 is 15.9 Å². The summed E-state index contributed by atoms with van der Waals surface area (Å²) >= 11 is 3.52. The molecule has 0 amide bonds. The lowest BCUT2D eigenvalue weighted by Gasteiger charge is -2.34. The summed E-state index contributed by atoms with van der Waals surface area (Å²) < 4.78 is 24.5. The molecule has 0 radical (unpaired) electrons. The number of halogens is 1. The number of carbonyl (C=O) groups is 1. The van der Waals surface area contributed by atoms with Crippen LogP contribution in [0.1, 0.15) is 31.7 Å². The van der Waals surface area contributed by atoms with Gasteiger partial charge in [0.2, 0.25) is 0 Å². The van der Waals surface area contributed by atoms with Gasteiger partial charge in [0.25, 0.3) is 0 Å². The number of nitrogens with one attached hydrogen (secondary N) is 1. The highest BCUT2D eigenvalue weighted by molar-refractivity contribution is 9.10. The fourth-order valence-electron chi connectivity index (χ4n) is 4.17. The predicted molar refractivity (Wildman–Crippen MR) is 91.9 cm³/mol. The van der Waals surface area contributed by atoms with E-state index in [1.165, 1.54) is 0 Å². The van der Waals surface area contributed by atoms with Crippen molar-refractivity contribution in [1.29, 1.82) is 0 Å². The predicted octanol–water partition coefficient (Wildman–Crippen LogP) is 3.21. The second kappa shape index (κ2) is 5.30. The van der Waals surface area contributed by atoms with Gasteiger partial charge in [0.15, 0.2) is 24.3 Å². The standard InChI is InChI=1S/C18H18BrNO5/c1-18(2)24-16-15-14(23-17(16)25-18)10(6-13(21)22-15)11-7-20-12-4-3-8(19)5-9(11)12/h3-5,7,10,14-17,20H,6H2,1-2H3/t10-,14-,15+,16-,17-/m1/s1. The minimum atomic E-state index is -0.731. The van der Waals surface area contributed by atoms with Crippen molar-refractivity contribution < 1.29 is 23.7 Å². The minimum Gasteiger partial charge on any atom is -0.457 e. The highest BCUT2D eigenvalue weighted by Crippen LogP contribution is 2.47. The van der Waals surface area contributed by atoms with Gasteiger partial charge in [-0.15, -0.1) is 0 Å². The number of H-pyrrole nitrogens is 1. The van der Waals surface area contributed by atoms with Gasteiger partial charge < -0.3 is 23.9 Å². The number of esters is 1. The van der Waals surface area contributed by atoms with E-state index in [1.807, 2.05) is 32.2 Å². The molecule has 3 aliphatic rings. The monoisotopic (exact) mass is 407 g/mol. The molecule has 2 aromatic rings. The molecule has 1 aromatic heterocycles.